The van der Waals surface area contributed by atoms with Crippen molar-refractivity contribution in [3.63, 3.8) is 0 Å². The highest BCUT2D eigenvalue weighted by molar-refractivity contribution is 5.82. The molecule has 0 saturated carbocycles. The number of nitrogens with zero attached hydrogens (tertiary/aromatic N) is 1. The summed E-state index contributed by atoms with van der Waals surface area (Å²) in [6.07, 6.45) is 1.33. The Kier molecular flexibility index (Phi) is 4.27. The van der Waals surface area contributed by atoms with Gasteiger partial charge in [0.15, 0.2) is 0 Å². The summed E-state index contributed by atoms with van der Waals surface area (Å²) in [4.78, 5) is 15.3. The first kappa shape index (κ1) is 14.4. The van der Waals surface area contributed by atoms with Crippen molar-refractivity contribution in [1.82, 2.24) is 4.98 Å². The minimum absolute atomic E-state index is 0.00148. The number of ether oxygens (including phenoxy) is 1. The molecule has 1 aromatic heterocycles. The van der Waals surface area contributed by atoms with Crippen molar-refractivity contribution in [2.45, 2.75) is 25.7 Å². The van der Waals surface area contributed by atoms with Crippen LogP contribution < -0.4 is 0 Å². The number of carbonyl (C=O) groups excluding carboxylic acids is 1. The Morgan fingerprint density at radius 3 is 2.75 bits per heavy atom. The molecule has 0 aliphatic rings. The Hall–Kier alpha value is -2.04. The number of hydrogen-bond acceptors (Lipinski definition) is 3. The van der Waals surface area contributed by atoms with E-state index in [1.165, 1.54) is 6.07 Å². The second-order valence-electron chi connectivity index (χ2n) is 4.45. The van der Waals surface area contributed by atoms with E-state index >= 15 is 0 Å². The molecule has 0 fully saturated rings. The summed E-state index contributed by atoms with van der Waals surface area (Å²) in [7, 11) is 0. The molecular weight excluding hydrogens is 264 g/mol. The number of pyridine rings is 1. The third-order valence-electron chi connectivity index (χ3n) is 2.91. The lowest BCUT2D eigenvalue weighted by molar-refractivity contribution is -0.174. The first-order valence-corrected chi connectivity index (χ1v) is 6.47. The van der Waals surface area contributed by atoms with Crippen molar-refractivity contribution in [1.29, 1.82) is 0 Å². The maximum Gasteiger partial charge on any atom is 0.384 e. The van der Waals surface area contributed by atoms with Gasteiger partial charge in [-0.3, -0.25) is 0 Å². The highest BCUT2D eigenvalue weighted by atomic mass is 19.3. The molecule has 0 N–H and O–H groups in total. The zero-order valence-electron chi connectivity index (χ0n) is 11.1. The lowest BCUT2D eigenvalue weighted by atomic mass is 10.1. The minimum atomic E-state index is -3.72. The number of hydrogen-bond donors (Lipinski definition) is 0. The number of halogens is 2. The van der Waals surface area contributed by atoms with Crippen molar-refractivity contribution < 1.29 is 18.3 Å². The van der Waals surface area contributed by atoms with Gasteiger partial charge in [-0.1, -0.05) is 37.6 Å². The van der Waals surface area contributed by atoms with Gasteiger partial charge in [-0.15, -0.1) is 0 Å². The van der Waals surface area contributed by atoms with Crippen molar-refractivity contribution in [2.24, 2.45) is 0 Å². The minimum Gasteiger partial charge on any atom is -0.461 e. The van der Waals surface area contributed by atoms with E-state index in [1.54, 1.807) is 24.3 Å². The molecule has 1 aromatic carbocycles. The molecule has 2 aromatic rings. The summed E-state index contributed by atoms with van der Waals surface area (Å²) in [5, 5.41) is 0.742. The predicted octanol–water partition coefficient (Wildman–Crippen LogP) is 3.67. The van der Waals surface area contributed by atoms with Crippen molar-refractivity contribution in [3.05, 3.63) is 42.1 Å². The summed E-state index contributed by atoms with van der Waals surface area (Å²) in [5.74, 6) is -5.27. The number of fused-ring (bicyclic) bond motifs is 1. The van der Waals surface area contributed by atoms with E-state index in [-0.39, 0.29) is 6.61 Å². The number of alkyl halides is 2. The fourth-order valence-electron chi connectivity index (χ4n) is 1.75. The van der Waals surface area contributed by atoms with Crippen molar-refractivity contribution in [3.8, 4) is 0 Å². The van der Waals surface area contributed by atoms with Crippen LogP contribution in [0.1, 0.15) is 25.5 Å². The number of carbonyl (C=O) groups is 1. The highest BCUT2D eigenvalue weighted by Gasteiger charge is 2.44. The van der Waals surface area contributed by atoms with Crippen LogP contribution in [0.25, 0.3) is 10.9 Å². The molecule has 0 atom stereocenters. The molecule has 0 saturated heterocycles. The van der Waals surface area contributed by atoms with E-state index in [1.807, 2.05) is 6.92 Å². The van der Waals surface area contributed by atoms with E-state index in [0.717, 1.165) is 17.9 Å². The first-order chi connectivity index (χ1) is 9.55. The Bertz CT molecular complexity index is 614. The maximum atomic E-state index is 14.0. The zero-order chi connectivity index (χ0) is 14.6. The maximum absolute atomic E-state index is 14.0. The second-order valence-corrected chi connectivity index (χ2v) is 4.45. The molecule has 5 heteroatoms. The second kappa shape index (κ2) is 5.94. The van der Waals surface area contributed by atoms with Gasteiger partial charge in [0.2, 0.25) is 0 Å². The smallest absolute Gasteiger partial charge is 0.384 e. The van der Waals surface area contributed by atoms with E-state index < -0.39 is 17.6 Å². The van der Waals surface area contributed by atoms with Gasteiger partial charge in [0, 0.05) is 5.39 Å². The number of benzene rings is 1. The van der Waals surface area contributed by atoms with Gasteiger partial charge in [-0.25, -0.2) is 9.78 Å². The standard InChI is InChI=1S/C15H15F2NO2/c1-2-3-10-20-14(19)15(16,17)13-9-8-11-6-4-5-7-12(11)18-13/h4-9H,2-3,10H2,1H3. The van der Waals surface area contributed by atoms with Gasteiger partial charge >= 0.3 is 11.9 Å². The van der Waals surface area contributed by atoms with Gasteiger partial charge in [0.1, 0.15) is 5.69 Å². The molecule has 20 heavy (non-hydrogen) atoms. The van der Waals surface area contributed by atoms with Crippen LogP contribution in [-0.2, 0) is 15.5 Å². The average Bonchev–Trinajstić information content (AvgIpc) is 2.46. The molecule has 3 nitrogen and oxygen atoms in total. The number of aromatic nitrogens is 1. The predicted molar refractivity (Wildman–Crippen MR) is 71.5 cm³/mol. The molecule has 2 rings (SSSR count). The fourth-order valence-corrected chi connectivity index (χ4v) is 1.75. The van der Waals surface area contributed by atoms with Gasteiger partial charge < -0.3 is 4.74 Å². The van der Waals surface area contributed by atoms with Gasteiger partial charge in [0.05, 0.1) is 12.1 Å². The van der Waals surface area contributed by atoms with Crippen LogP contribution >= 0.6 is 0 Å². The number of para-hydroxylation sites is 1. The van der Waals surface area contributed by atoms with E-state index in [4.69, 9.17) is 0 Å². The van der Waals surface area contributed by atoms with E-state index in [9.17, 15) is 13.6 Å². The Morgan fingerprint density at radius 2 is 2.00 bits per heavy atom. The Labute approximate surface area is 115 Å². The summed E-state index contributed by atoms with van der Waals surface area (Å²) in [5.41, 5.74) is -0.163. The van der Waals surface area contributed by atoms with Crippen LogP contribution in [0.5, 0.6) is 0 Å². The zero-order valence-corrected chi connectivity index (χ0v) is 11.1. The molecular formula is C15H15F2NO2. The van der Waals surface area contributed by atoms with Crippen LogP contribution in [0.2, 0.25) is 0 Å². The van der Waals surface area contributed by atoms with E-state index in [2.05, 4.69) is 9.72 Å². The summed E-state index contributed by atoms with van der Waals surface area (Å²) < 4.78 is 32.5. The van der Waals surface area contributed by atoms with E-state index in [0.29, 0.717) is 11.9 Å². The molecule has 0 bridgehead atoms. The summed E-state index contributed by atoms with van der Waals surface area (Å²) in [6, 6.07) is 9.56. The number of rotatable bonds is 5. The van der Waals surface area contributed by atoms with Gasteiger partial charge in [0.25, 0.3) is 0 Å². The molecule has 1 heterocycles. The highest BCUT2D eigenvalue weighted by Crippen LogP contribution is 2.29. The van der Waals surface area contributed by atoms with Crippen LogP contribution in [0.15, 0.2) is 36.4 Å². The summed E-state index contributed by atoms with van der Waals surface area (Å²) in [6.45, 7) is 1.88. The molecule has 0 amide bonds. The number of unbranched alkanes of at least 4 members (excludes halogenated alkanes) is 1. The van der Waals surface area contributed by atoms with Crippen molar-refractivity contribution in [2.75, 3.05) is 6.61 Å². The largest absolute Gasteiger partial charge is 0.461 e. The molecule has 0 spiro atoms. The Morgan fingerprint density at radius 1 is 1.25 bits per heavy atom. The van der Waals surface area contributed by atoms with Gasteiger partial charge in [-0.05, 0) is 18.6 Å². The molecule has 0 aliphatic heterocycles. The number of esters is 1. The monoisotopic (exact) mass is 279 g/mol. The third kappa shape index (κ3) is 2.92. The molecule has 0 unspecified atom stereocenters. The van der Waals surface area contributed by atoms with Crippen molar-refractivity contribution >= 4 is 16.9 Å². The molecule has 0 radical (unpaired) electrons. The van der Waals surface area contributed by atoms with Crippen LogP contribution in [0, 0.1) is 0 Å². The lowest BCUT2D eigenvalue weighted by Crippen LogP contribution is -2.29. The lowest BCUT2D eigenvalue weighted by Gasteiger charge is -2.15. The fraction of sp³-hybridized carbons (Fsp3) is 0.333. The topological polar surface area (TPSA) is 39.2 Å². The van der Waals surface area contributed by atoms with Crippen LogP contribution in [-0.4, -0.2) is 17.6 Å². The Balaban J connectivity index is 2.24. The molecule has 106 valence electrons. The average molecular weight is 279 g/mol. The first-order valence-electron chi connectivity index (χ1n) is 6.47. The third-order valence-corrected chi connectivity index (χ3v) is 2.91. The normalized spacial score (nSPS) is 11.6. The molecule has 0 aliphatic carbocycles. The summed E-state index contributed by atoms with van der Waals surface area (Å²) >= 11 is 0. The van der Waals surface area contributed by atoms with Crippen LogP contribution in [0.3, 0.4) is 0 Å². The van der Waals surface area contributed by atoms with Gasteiger partial charge in [-0.2, -0.15) is 8.78 Å². The van der Waals surface area contributed by atoms with Crippen LogP contribution in [0.4, 0.5) is 8.78 Å². The quantitative estimate of drug-likeness (QED) is 0.619. The SMILES string of the molecule is CCCCOC(=O)C(F)(F)c1ccc2ccccc2n1.